The van der Waals surface area contributed by atoms with E-state index >= 15 is 0 Å². The van der Waals surface area contributed by atoms with E-state index in [-0.39, 0.29) is 16.6 Å². The molecule has 1 unspecified atom stereocenters. The fraction of sp³-hybridized carbons (Fsp3) is 0.294. The fourth-order valence-corrected chi connectivity index (χ4v) is 3.13. The normalized spacial score (nSPS) is 12.7. The minimum Gasteiger partial charge on any atom is -0.362 e. The van der Waals surface area contributed by atoms with Gasteiger partial charge in [-0.2, -0.15) is 0 Å². The number of nitro groups is 1. The molecule has 0 aliphatic carbocycles. The first-order valence-corrected chi connectivity index (χ1v) is 9.28. The Labute approximate surface area is 141 Å². The lowest BCUT2D eigenvalue weighted by Crippen LogP contribution is -2.22. The van der Waals surface area contributed by atoms with E-state index in [1.165, 1.54) is 0 Å². The van der Waals surface area contributed by atoms with Gasteiger partial charge < -0.3 is 4.90 Å². The molecule has 0 N–H and O–H groups in total. The molecule has 2 aromatic rings. The highest BCUT2D eigenvalue weighted by Crippen LogP contribution is 2.33. The number of benzene rings is 2. The molecule has 6 nitrogen and oxygen atoms in total. The number of anilines is 1. The van der Waals surface area contributed by atoms with Gasteiger partial charge in [0.2, 0.25) is 0 Å². The summed E-state index contributed by atoms with van der Waals surface area (Å²) in [6.07, 6.45) is 1.16. The Morgan fingerprint density at radius 3 is 2.21 bits per heavy atom. The van der Waals surface area contributed by atoms with E-state index in [0.29, 0.717) is 5.69 Å². The summed E-state index contributed by atoms with van der Waals surface area (Å²) in [6.45, 7) is 3.73. The molecule has 24 heavy (non-hydrogen) atoms. The van der Waals surface area contributed by atoms with Gasteiger partial charge >= 0.3 is 0 Å². The zero-order valence-corrected chi connectivity index (χ0v) is 14.9. The molecule has 1 atom stereocenters. The quantitative estimate of drug-likeness (QED) is 0.610. The van der Waals surface area contributed by atoms with E-state index < -0.39 is 14.8 Å². The van der Waals surface area contributed by atoms with Crippen molar-refractivity contribution in [2.45, 2.75) is 24.8 Å². The van der Waals surface area contributed by atoms with Gasteiger partial charge in [-0.15, -0.1) is 0 Å². The Morgan fingerprint density at radius 1 is 1.12 bits per heavy atom. The second-order valence-corrected chi connectivity index (χ2v) is 7.89. The van der Waals surface area contributed by atoms with Crippen molar-refractivity contribution in [2.75, 3.05) is 18.2 Å². The average Bonchev–Trinajstić information content (AvgIpc) is 2.52. The van der Waals surface area contributed by atoms with Crippen molar-refractivity contribution in [1.82, 2.24) is 0 Å². The molecule has 2 aromatic carbocycles. The van der Waals surface area contributed by atoms with Crippen molar-refractivity contribution < 1.29 is 13.3 Å². The largest absolute Gasteiger partial charge is 0.362 e. The van der Waals surface area contributed by atoms with Crippen LogP contribution in [0.3, 0.4) is 0 Å². The zero-order valence-electron chi connectivity index (χ0n) is 14.1. The summed E-state index contributed by atoms with van der Waals surface area (Å²) >= 11 is 0. The van der Waals surface area contributed by atoms with E-state index in [4.69, 9.17) is 0 Å². The van der Waals surface area contributed by atoms with Crippen LogP contribution in [0.4, 0.5) is 11.4 Å². The lowest BCUT2D eigenvalue weighted by Gasteiger charge is -2.27. The van der Waals surface area contributed by atoms with E-state index in [1.807, 2.05) is 24.8 Å². The van der Waals surface area contributed by atoms with Crippen LogP contribution in [0.25, 0.3) is 0 Å². The number of hydrogen-bond donors (Lipinski definition) is 0. The lowest BCUT2D eigenvalue weighted by atomic mass is 10.1. The molecule has 0 amide bonds. The third-order valence-electron chi connectivity index (χ3n) is 4.08. The van der Waals surface area contributed by atoms with Crippen LogP contribution in [0.5, 0.6) is 0 Å². The van der Waals surface area contributed by atoms with Gasteiger partial charge in [-0.05, 0) is 43.2 Å². The molecule has 0 saturated heterocycles. The predicted octanol–water partition coefficient (Wildman–Crippen LogP) is 3.50. The van der Waals surface area contributed by atoms with Crippen molar-refractivity contribution >= 4 is 21.2 Å². The van der Waals surface area contributed by atoms with Crippen molar-refractivity contribution in [3.8, 4) is 0 Å². The van der Waals surface area contributed by atoms with Crippen molar-refractivity contribution in [3.05, 3.63) is 63.7 Å². The Kier molecular flexibility index (Phi) is 4.94. The van der Waals surface area contributed by atoms with Crippen molar-refractivity contribution in [3.63, 3.8) is 0 Å². The third kappa shape index (κ3) is 3.73. The maximum absolute atomic E-state index is 11.5. The van der Waals surface area contributed by atoms with Gasteiger partial charge in [0.1, 0.15) is 5.69 Å². The topological polar surface area (TPSA) is 80.5 Å². The summed E-state index contributed by atoms with van der Waals surface area (Å²) in [5.74, 6) is 0. The van der Waals surface area contributed by atoms with E-state index in [1.54, 1.807) is 43.4 Å². The van der Waals surface area contributed by atoms with Crippen LogP contribution in [0.2, 0.25) is 0 Å². The highest BCUT2D eigenvalue weighted by atomic mass is 32.2. The van der Waals surface area contributed by atoms with Gasteiger partial charge in [-0.25, -0.2) is 8.42 Å². The molecule has 0 spiro atoms. The Balaban J connectivity index is 2.36. The first-order valence-electron chi connectivity index (χ1n) is 7.39. The first kappa shape index (κ1) is 17.9. The summed E-state index contributed by atoms with van der Waals surface area (Å²) in [6, 6.07) is 11.5. The molecule has 0 fully saturated rings. The third-order valence-corrected chi connectivity index (χ3v) is 5.21. The molecular weight excluding hydrogens is 328 g/mol. The average molecular weight is 348 g/mol. The molecule has 0 bridgehead atoms. The molecule has 0 aliphatic heterocycles. The smallest absolute Gasteiger partial charge is 0.292 e. The van der Waals surface area contributed by atoms with Crippen LogP contribution in [-0.4, -0.2) is 26.6 Å². The summed E-state index contributed by atoms with van der Waals surface area (Å²) in [4.78, 5) is 13.0. The summed E-state index contributed by atoms with van der Waals surface area (Å²) in [5.41, 5.74) is 2.27. The molecule has 2 rings (SSSR count). The molecular formula is C17H20N2O4S. The van der Waals surface area contributed by atoms with Crippen LogP contribution in [-0.2, 0) is 9.84 Å². The molecule has 0 aromatic heterocycles. The number of nitrogens with zero attached hydrogens (tertiary/aromatic N) is 2. The molecule has 0 saturated carbocycles. The lowest BCUT2D eigenvalue weighted by molar-refractivity contribution is -0.384. The SMILES string of the molecule is Cc1ccc(N(C)C(C)c2ccc(S(C)(=O)=O)cc2)c([N+](=O)[O-])c1. The van der Waals surface area contributed by atoms with Crippen LogP contribution in [0.15, 0.2) is 47.4 Å². The highest BCUT2D eigenvalue weighted by Gasteiger charge is 2.21. The van der Waals surface area contributed by atoms with Gasteiger partial charge in [0.05, 0.1) is 15.9 Å². The Morgan fingerprint density at radius 2 is 1.71 bits per heavy atom. The fourth-order valence-electron chi connectivity index (χ4n) is 2.50. The van der Waals surface area contributed by atoms with Crippen molar-refractivity contribution in [1.29, 1.82) is 0 Å². The standard InChI is InChI=1S/C17H20N2O4S/c1-12-5-10-16(17(11-12)19(20)21)18(3)13(2)14-6-8-15(9-7-14)24(4,22)23/h5-11,13H,1-4H3. The maximum atomic E-state index is 11.5. The molecule has 0 aliphatic rings. The van der Waals surface area contributed by atoms with Crippen LogP contribution in [0, 0.1) is 17.0 Å². The van der Waals surface area contributed by atoms with Gasteiger partial charge in [-0.1, -0.05) is 18.2 Å². The Bertz CT molecular complexity index is 861. The molecule has 0 heterocycles. The maximum Gasteiger partial charge on any atom is 0.292 e. The van der Waals surface area contributed by atoms with E-state index in [9.17, 15) is 18.5 Å². The van der Waals surface area contributed by atoms with Gasteiger partial charge in [0, 0.05) is 19.4 Å². The number of nitro benzene ring substituents is 1. The van der Waals surface area contributed by atoms with Crippen LogP contribution < -0.4 is 4.90 Å². The molecule has 0 radical (unpaired) electrons. The number of hydrogen-bond acceptors (Lipinski definition) is 5. The first-order chi connectivity index (χ1) is 11.1. The molecule has 128 valence electrons. The van der Waals surface area contributed by atoms with E-state index in [2.05, 4.69) is 0 Å². The number of sulfone groups is 1. The van der Waals surface area contributed by atoms with Crippen molar-refractivity contribution in [2.24, 2.45) is 0 Å². The monoisotopic (exact) mass is 348 g/mol. The summed E-state index contributed by atoms with van der Waals surface area (Å²) in [5, 5.41) is 11.3. The minimum absolute atomic E-state index is 0.0529. The van der Waals surface area contributed by atoms with Crippen LogP contribution in [0.1, 0.15) is 24.1 Å². The zero-order chi connectivity index (χ0) is 18.1. The number of rotatable bonds is 5. The van der Waals surface area contributed by atoms with Gasteiger partial charge in [0.15, 0.2) is 9.84 Å². The highest BCUT2D eigenvalue weighted by molar-refractivity contribution is 7.90. The Hall–Kier alpha value is -2.41. The summed E-state index contributed by atoms with van der Waals surface area (Å²) in [7, 11) is -1.46. The van der Waals surface area contributed by atoms with Crippen LogP contribution >= 0.6 is 0 Å². The summed E-state index contributed by atoms with van der Waals surface area (Å²) < 4.78 is 23.1. The minimum atomic E-state index is -3.24. The molecule has 7 heteroatoms. The van der Waals surface area contributed by atoms with E-state index in [0.717, 1.165) is 17.4 Å². The number of aryl methyl sites for hydroxylation is 1. The van der Waals surface area contributed by atoms with Gasteiger partial charge in [-0.3, -0.25) is 10.1 Å². The second-order valence-electron chi connectivity index (χ2n) is 5.88. The predicted molar refractivity (Wildman–Crippen MR) is 94.2 cm³/mol. The van der Waals surface area contributed by atoms with Gasteiger partial charge in [0.25, 0.3) is 5.69 Å². The second kappa shape index (κ2) is 6.60.